The maximum atomic E-state index is 12.5. The molecule has 0 atom stereocenters. The van der Waals surface area contributed by atoms with Gasteiger partial charge in [0.1, 0.15) is 0 Å². The Morgan fingerprint density at radius 3 is 2.48 bits per heavy atom. The lowest BCUT2D eigenvalue weighted by atomic mass is 10.1. The second-order valence-electron chi connectivity index (χ2n) is 5.25. The number of anilines is 2. The molecule has 2 aromatic carbocycles. The molecule has 25 heavy (non-hydrogen) atoms. The van der Waals surface area contributed by atoms with Crippen molar-refractivity contribution in [2.45, 2.75) is 6.61 Å². The van der Waals surface area contributed by atoms with E-state index in [1.54, 1.807) is 18.2 Å². The smallest absolute Gasteiger partial charge is 0.387 e. The van der Waals surface area contributed by atoms with Gasteiger partial charge in [-0.15, -0.1) is 0 Å². The molecule has 0 aliphatic carbocycles. The summed E-state index contributed by atoms with van der Waals surface area (Å²) in [5.41, 5.74) is 1.38. The highest BCUT2D eigenvalue weighted by Crippen LogP contribution is 2.31. The van der Waals surface area contributed by atoms with Crippen molar-refractivity contribution in [3.8, 4) is 11.5 Å². The van der Waals surface area contributed by atoms with E-state index in [2.05, 4.69) is 10.1 Å². The first-order valence-electron chi connectivity index (χ1n) is 7.23. The van der Waals surface area contributed by atoms with Crippen molar-refractivity contribution < 1.29 is 23.0 Å². The van der Waals surface area contributed by atoms with E-state index in [1.807, 2.05) is 19.0 Å². The third kappa shape index (κ3) is 4.73. The van der Waals surface area contributed by atoms with E-state index in [9.17, 15) is 13.6 Å². The Morgan fingerprint density at radius 1 is 1.16 bits per heavy atom. The minimum absolute atomic E-state index is 0.105. The average Bonchev–Trinajstić information content (AvgIpc) is 2.54. The number of benzene rings is 2. The van der Waals surface area contributed by atoms with E-state index in [0.717, 1.165) is 5.69 Å². The van der Waals surface area contributed by atoms with Gasteiger partial charge in [-0.05, 0) is 36.4 Å². The summed E-state index contributed by atoms with van der Waals surface area (Å²) in [6, 6.07) is 9.10. The Balaban J connectivity index is 2.31. The molecule has 0 spiro atoms. The normalized spacial score (nSPS) is 10.5. The maximum absolute atomic E-state index is 12.5. The quantitative estimate of drug-likeness (QED) is 0.825. The maximum Gasteiger partial charge on any atom is 0.387 e. The molecule has 0 aliphatic heterocycles. The lowest BCUT2D eigenvalue weighted by Gasteiger charge is -2.18. The average molecular weight is 371 g/mol. The van der Waals surface area contributed by atoms with E-state index >= 15 is 0 Å². The van der Waals surface area contributed by atoms with Crippen molar-refractivity contribution in [2.24, 2.45) is 0 Å². The summed E-state index contributed by atoms with van der Waals surface area (Å²) >= 11 is 5.98. The highest BCUT2D eigenvalue weighted by atomic mass is 35.5. The standard InChI is InChI=1S/C17H17ClF2N2O3/c1-22(2)13-6-5-11(18)9-12(13)21-16(23)10-4-7-14(24-3)15(8-10)25-17(19)20/h4-9,17H,1-3H3,(H,21,23). The van der Waals surface area contributed by atoms with E-state index in [4.69, 9.17) is 16.3 Å². The van der Waals surface area contributed by atoms with E-state index in [-0.39, 0.29) is 17.1 Å². The second kappa shape index (κ2) is 8.02. The van der Waals surface area contributed by atoms with Crippen LogP contribution in [0.4, 0.5) is 20.2 Å². The van der Waals surface area contributed by atoms with Gasteiger partial charge in [0.05, 0.1) is 18.5 Å². The third-order valence-corrected chi connectivity index (χ3v) is 3.57. The van der Waals surface area contributed by atoms with E-state index < -0.39 is 12.5 Å². The molecule has 8 heteroatoms. The number of nitrogens with one attached hydrogen (secondary N) is 1. The van der Waals surface area contributed by atoms with Crippen LogP contribution in [0.3, 0.4) is 0 Å². The fourth-order valence-corrected chi connectivity index (χ4v) is 2.37. The number of amides is 1. The molecule has 0 aromatic heterocycles. The summed E-state index contributed by atoms with van der Waals surface area (Å²) in [5.74, 6) is -0.607. The van der Waals surface area contributed by atoms with Crippen LogP contribution in [0.15, 0.2) is 36.4 Å². The molecule has 5 nitrogen and oxygen atoms in total. The topological polar surface area (TPSA) is 50.8 Å². The number of hydrogen-bond acceptors (Lipinski definition) is 4. The highest BCUT2D eigenvalue weighted by Gasteiger charge is 2.16. The zero-order valence-corrected chi connectivity index (χ0v) is 14.6. The zero-order chi connectivity index (χ0) is 18.6. The SMILES string of the molecule is COc1ccc(C(=O)Nc2cc(Cl)ccc2N(C)C)cc1OC(F)F. The summed E-state index contributed by atoms with van der Waals surface area (Å²) in [6.07, 6.45) is 0. The lowest BCUT2D eigenvalue weighted by Crippen LogP contribution is -2.17. The second-order valence-corrected chi connectivity index (χ2v) is 5.69. The van der Waals surface area contributed by atoms with Gasteiger partial charge in [0, 0.05) is 24.7 Å². The van der Waals surface area contributed by atoms with Gasteiger partial charge in [0.2, 0.25) is 0 Å². The Bertz CT molecular complexity index is 770. The summed E-state index contributed by atoms with van der Waals surface area (Å²) in [4.78, 5) is 14.3. The van der Waals surface area contributed by atoms with Crippen LogP contribution in [0.1, 0.15) is 10.4 Å². The van der Waals surface area contributed by atoms with Crippen molar-refractivity contribution >= 4 is 28.9 Å². The molecule has 1 amide bonds. The Labute approximate surface area is 149 Å². The van der Waals surface area contributed by atoms with Crippen LogP contribution in [0.2, 0.25) is 5.02 Å². The molecule has 2 aromatic rings. The molecule has 0 bridgehead atoms. The van der Waals surface area contributed by atoms with Gasteiger partial charge < -0.3 is 19.7 Å². The fourth-order valence-electron chi connectivity index (χ4n) is 2.20. The molecule has 0 aliphatic rings. The van der Waals surface area contributed by atoms with Crippen LogP contribution < -0.4 is 19.7 Å². The largest absolute Gasteiger partial charge is 0.493 e. The van der Waals surface area contributed by atoms with Gasteiger partial charge in [-0.1, -0.05) is 11.6 Å². The summed E-state index contributed by atoms with van der Waals surface area (Å²) < 4.78 is 34.4. The number of ether oxygens (including phenoxy) is 2. The number of alkyl halides is 2. The van der Waals surface area contributed by atoms with E-state index in [0.29, 0.717) is 10.7 Å². The molecule has 0 saturated carbocycles. The Hall–Kier alpha value is -2.54. The van der Waals surface area contributed by atoms with E-state index in [1.165, 1.54) is 25.3 Å². The number of carbonyl (C=O) groups is 1. The molecule has 134 valence electrons. The molecule has 0 unspecified atom stereocenters. The first-order chi connectivity index (χ1) is 11.8. The summed E-state index contributed by atoms with van der Waals surface area (Å²) in [5, 5.41) is 3.17. The van der Waals surface area contributed by atoms with Gasteiger partial charge in [-0.2, -0.15) is 8.78 Å². The van der Waals surface area contributed by atoms with Gasteiger partial charge in [-0.3, -0.25) is 4.79 Å². The number of nitrogens with zero attached hydrogens (tertiary/aromatic N) is 1. The van der Waals surface area contributed by atoms with Crippen molar-refractivity contribution in [2.75, 3.05) is 31.4 Å². The number of rotatable bonds is 6. The van der Waals surface area contributed by atoms with Gasteiger partial charge in [0.15, 0.2) is 11.5 Å². The number of halogens is 3. The molecule has 0 heterocycles. The van der Waals surface area contributed by atoms with Crippen molar-refractivity contribution in [3.63, 3.8) is 0 Å². The van der Waals surface area contributed by atoms with Gasteiger partial charge in [0.25, 0.3) is 5.91 Å². The Morgan fingerprint density at radius 2 is 1.88 bits per heavy atom. The van der Waals surface area contributed by atoms with Crippen LogP contribution in [0.25, 0.3) is 0 Å². The van der Waals surface area contributed by atoms with Gasteiger partial charge in [-0.25, -0.2) is 0 Å². The summed E-state index contributed by atoms with van der Waals surface area (Å²) in [7, 11) is 4.96. The zero-order valence-electron chi connectivity index (χ0n) is 13.8. The van der Waals surface area contributed by atoms with Crippen molar-refractivity contribution in [1.82, 2.24) is 0 Å². The van der Waals surface area contributed by atoms with Crippen LogP contribution in [0, 0.1) is 0 Å². The van der Waals surface area contributed by atoms with Crippen molar-refractivity contribution in [1.29, 1.82) is 0 Å². The van der Waals surface area contributed by atoms with Crippen molar-refractivity contribution in [3.05, 3.63) is 47.0 Å². The Kier molecular flexibility index (Phi) is 6.03. The molecule has 0 fully saturated rings. The minimum atomic E-state index is -3.03. The van der Waals surface area contributed by atoms with Gasteiger partial charge >= 0.3 is 6.61 Å². The van der Waals surface area contributed by atoms with Crippen LogP contribution in [0.5, 0.6) is 11.5 Å². The predicted octanol–water partition coefficient (Wildman–Crippen LogP) is 4.27. The van der Waals surface area contributed by atoms with Crippen LogP contribution in [-0.4, -0.2) is 33.7 Å². The number of hydrogen-bond donors (Lipinski definition) is 1. The minimum Gasteiger partial charge on any atom is -0.493 e. The fraction of sp³-hybridized carbons (Fsp3) is 0.235. The molecular weight excluding hydrogens is 354 g/mol. The lowest BCUT2D eigenvalue weighted by molar-refractivity contribution is -0.0512. The van der Waals surface area contributed by atoms with Crippen LogP contribution in [-0.2, 0) is 0 Å². The highest BCUT2D eigenvalue weighted by molar-refractivity contribution is 6.31. The molecular formula is C17H17ClF2N2O3. The monoisotopic (exact) mass is 370 g/mol. The first-order valence-corrected chi connectivity index (χ1v) is 7.60. The number of methoxy groups -OCH3 is 1. The third-order valence-electron chi connectivity index (χ3n) is 3.33. The predicted molar refractivity (Wildman–Crippen MR) is 93.4 cm³/mol. The molecule has 0 radical (unpaired) electrons. The molecule has 2 rings (SSSR count). The molecule has 1 N–H and O–H groups in total. The molecule has 0 saturated heterocycles. The summed E-state index contributed by atoms with van der Waals surface area (Å²) in [6.45, 7) is -3.03. The first kappa shape index (κ1) is 18.8. The number of carbonyl (C=O) groups excluding carboxylic acids is 1. The van der Waals surface area contributed by atoms with Crippen LogP contribution >= 0.6 is 11.6 Å².